The van der Waals surface area contributed by atoms with Gasteiger partial charge in [-0.25, -0.2) is 0 Å². The van der Waals surface area contributed by atoms with Gasteiger partial charge in [0.1, 0.15) is 5.75 Å². The van der Waals surface area contributed by atoms with Crippen molar-refractivity contribution in [3.63, 3.8) is 0 Å². The Balaban J connectivity index is 2.87. The van der Waals surface area contributed by atoms with E-state index in [0.29, 0.717) is 0 Å². The van der Waals surface area contributed by atoms with E-state index >= 15 is 0 Å². The standard InChI is InChI=1S/C14H14O/c1-4-11-9-12-7-5-6-8-13(12)10(2)14(11)15-3/h4-9H,1H2,2-3H3. The molecule has 0 unspecified atom stereocenters. The second-order valence-corrected chi connectivity index (χ2v) is 3.55. The Hall–Kier alpha value is -1.76. The third-order valence-corrected chi connectivity index (χ3v) is 2.70. The number of benzene rings is 2. The van der Waals surface area contributed by atoms with E-state index in [1.165, 1.54) is 16.3 Å². The molecule has 0 bridgehead atoms. The van der Waals surface area contributed by atoms with E-state index in [0.717, 1.165) is 11.3 Å². The fourth-order valence-corrected chi connectivity index (χ4v) is 1.96. The average Bonchev–Trinajstić information content (AvgIpc) is 2.29. The van der Waals surface area contributed by atoms with Gasteiger partial charge in [0.05, 0.1) is 7.11 Å². The van der Waals surface area contributed by atoms with E-state index in [4.69, 9.17) is 4.74 Å². The molecule has 1 nitrogen and oxygen atoms in total. The smallest absolute Gasteiger partial charge is 0.129 e. The summed E-state index contributed by atoms with van der Waals surface area (Å²) in [5, 5.41) is 2.46. The van der Waals surface area contributed by atoms with Crippen LogP contribution in [-0.4, -0.2) is 7.11 Å². The van der Waals surface area contributed by atoms with Crippen molar-refractivity contribution < 1.29 is 4.74 Å². The normalized spacial score (nSPS) is 10.3. The van der Waals surface area contributed by atoms with Crippen molar-refractivity contribution in [1.29, 1.82) is 0 Å². The summed E-state index contributed by atoms with van der Waals surface area (Å²) in [6.45, 7) is 5.89. The Morgan fingerprint density at radius 2 is 2.00 bits per heavy atom. The largest absolute Gasteiger partial charge is 0.496 e. The number of fused-ring (bicyclic) bond motifs is 1. The Labute approximate surface area is 90.0 Å². The molecule has 0 saturated heterocycles. The molecule has 0 atom stereocenters. The molecule has 2 aromatic rings. The molecular formula is C14H14O. The molecule has 2 aromatic carbocycles. The molecule has 0 aliphatic rings. The van der Waals surface area contributed by atoms with Gasteiger partial charge in [0, 0.05) is 5.56 Å². The van der Waals surface area contributed by atoms with Crippen molar-refractivity contribution in [1.82, 2.24) is 0 Å². The van der Waals surface area contributed by atoms with E-state index in [-0.39, 0.29) is 0 Å². The van der Waals surface area contributed by atoms with Crippen molar-refractivity contribution in [2.75, 3.05) is 7.11 Å². The van der Waals surface area contributed by atoms with Crippen molar-refractivity contribution in [3.8, 4) is 5.75 Å². The highest BCUT2D eigenvalue weighted by Gasteiger charge is 2.07. The van der Waals surface area contributed by atoms with Gasteiger partial charge in [-0.05, 0) is 29.3 Å². The molecule has 0 aliphatic carbocycles. The first-order valence-electron chi connectivity index (χ1n) is 4.96. The fraction of sp³-hybridized carbons (Fsp3) is 0.143. The fourth-order valence-electron chi connectivity index (χ4n) is 1.96. The third-order valence-electron chi connectivity index (χ3n) is 2.70. The van der Waals surface area contributed by atoms with Gasteiger partial charge >= 0.3 is 0 Å². The Kier molecular flexibility index (Phi) is 2.46. The van der Waals surface area contributed by atoms with Crippen LogP contribution in [0.4, 0.5) is 0 Å². The van der Waals surface area contributed by atoms with Crippen LogP contribution in [-0.2, 0) is 0 Å². The van der Waals surface area contributed by atoms with E-state index in [1.807, 2.05) is 18.2 Å². The zero-order chi connectivity index (χ0) is 10.8. The second-order valence-electron chi connectivity index (χ2n) is 3.55. The molecule has 0 N–H and O–H groups in total. The summed E-state index contributed by atoms with van der Waals surface area (Å²) in [6.07, 6.45) is 1.83. The van der Waals surface area contributed by atoms with E-state index in [1.54, 1.807) is 7.11 Å². The lowest BCUT2D eigenvalue weighted by Crippen LogP contribution is -1.92. The minimum absolute atomic E-state index is 0.920. The lowest BCUT2D eigenvalue weighted by atomic mass is 10.0. The van der Waals surface area contributed by atoms with Crippen LogP contribution in [0.2, 0.25) is 0 Å². The molecule has 76 valence electrons. The highest BCUT2D eigenvalue weighted by Crippen LogP contribution is 2.31. The molecule has 0 aliphatic heterocycles. The number of methoxy groups -OCH3 is 1. The highest BCUT2D eigenvalue weighted by atomic mass is 16.5. The zero-order valence-electron chi connectivity index (χ0n) is 9.08. The molecule has 0 aromatic heterocycles. The van der Waals surface area contributed by atoms with Gasteiger partial charge in [0.15, 0.2) is 0 Å². The van der Waals surface area contributed by atoms with Crippen molar-refractivity contribution in [3.05, 3.63) is 48.0 Å². The predicted octanol–water partition coefficient (Wildman–Crippen LogP) is 3.80. The number of hydrogen-bond donors (Lipinski definition) is 0. The average molecular weight is 198 g/mol. The number of rotatable bonds is 2. The minimum atomic E-state index is 0.920. The quantitative estimate of drug-likeness (QED) is 0.713. The number of hydrogen-bond acceptors (Lipinski definition) is 1. The van der Waals surface area contributed by atoms with Crippen molar-refractivity contribution in [2.45, 2.75) is 6.92 Å². The first-order chi connectivity index (χ1) is 7.27. The van der Waals surface area contributed by atoms with Crippen LogP contribution in [0.25, 0.3) is 16.8 Å². The van der Waals surface area contributed by atoms with Crippen molar-refractivity contribution in [2.24, 2.45) is 0 Å². The summed E-state index contributed by atoms with van der Waals surface area (Å²) < 4.78 is 5.40. The number of aryl methyl sites for hydroxylation is 1. The Bertz CT molecular complexity index is 512. The molecule has 1 heteroatoms. The first-order valence-corrected chi connectivity index (χ1v) is 4.96. The summed E-state index contributed by atoms with van der Waals surface area (Å²) in [6, 6.07) is 10.4. The van der Waals surface area contributed by atoms with Gasteiger partial charge < -0.3 is 4.74 Å². The van der Waals surface area contributed by atoms with Crippen LogP contribution in [0.3, 0.4) is 0 Å². The van der Waals surface area contributed by atoms with Gasteiger partial charge in [0.25, 0.3) is 0 Å². The Morgan fingerprint density at radius 1 is 1.27 bits per heavy atom. The molecule has 0 heterocycles. The van der Waals surface area contributed by atoms with Gasteiger partial charge in [-0.2, -0.15) is 0 Å². The summed E-state index contributed by atoms with van der Waals surface area (Å²) >= 11 is 0. The summed E-state index contributed by atoms with van der Waals surface area (Å²) in [4.78, 5) is 0. The lowest BCUT2D eigenvalue weighted by molar-refractivity contribution is 0.411. The lowest BCUT2D eigenvalue weighted by Gasteiger charge is -2.11. The third kappa shape index (κ3) is 1.50. The molecule has 0 fully saturated rings. The molecule has 0 spiro atoms. The molecular weight excluding hydrogens is 184 g/mol. The maximum Gasteiger partial charge on any atom is 0.129 e. The minimum Gasteiger partial charge on any atom is -0.496 e. The van der Waals surface area contributed by atoms with Crippen LogP contribution in [0.15, 0.2) is 36.9 Å². The molecule has 2 rings (SSSR count). The topological polar surface area (TPSA) is 9.23 Å². The van der Waals surface area contributed by atoms with E-state index < -0.39 is 0 Å². The monoisotopic (exact) mass is 198 g/mol. The first kappa shape index (κ1) is 9.78. The van der Waals surface area contributed by atoms with Crippen molar-refractivity contribution >= 4 is 16.8 Å². The van der Waals surface area contributed by atoms with Crippen LogP contribution < -0.4 is 4.74 Å². The molecule has 0 amide bonds. The highest BCUT2D eigenvalue weighted by molar-refractivity contribution is 5.90. The Morgan fingerprint density at radius 3 is 2.67 bits per heavy atom. The predicted molar refractivity (Wildman–Crippen MR) is 65.3 cm³/mol. The van der Waals surface area contributed by atoms with Crippen LogP contribution in [0.1, 0.15) is 11.1 Å². The van der Waals surface area contributed by atoms with Crippen LogP contribution in [0, 0.1) is 6.92 Å². The molecule has 15 heavy (non-hydrogen) atoms. The van der Waals surface area contributed by atoms with E-state index in [9.17, 15) is 0 Å². The maximum atomic E-state index is 5.40. The SMILES string of the molecule is C=Cc1cc2ccccc2c(C)c1OC. The number of ether oxygens (including phenoxy) is 1. The van der Waals surface area contributed by atoms with Crippen LogP contribution >= 0.6 is 0 Å². The maximum absolute atomic E-state index is 5.40. The summed E-state index contributed by atoms with van der Waals surface area (Å²) in [7, 11) is 1.70. The van der Waals surface area contributed by atoms with Gasteiger partial charge in [-0.3, -0.25) is 0 Å². The van der Waals surface area contributed by atoms with Gasteiger partial charge in [0.2, 0.25) is 0 Å². The summed E-state index contributed by atoms with van der Waals surface area (Å²) in [5.74, 6) is 0.920. The van der Waals surface area contributed by atoms with Gasteiger partial charge in [-0.15, -0.1) is 0 Å². The van der Waals surface area contributed by atoms with Gasteiger partial charge in [-0.1, -0.05) is 36.9 Å². The summed E-state index contributed by atoms with van der Waals surface area (Å²) in [5.41, 5.74) is 2.22. The molecule has 0 radical (unpaired) electrons. The van der Waals surface area contributed by atoms with E-state index in [2.05, 4.69) is 31.7 Å². The second kappa shape index (κ2) is 3.77. The van der Waals surface area contributed by atoms with Crippen LogP contribution in [0.5, 0.6) is 5.75 Å². The zero-order valence-corrected chi connectivity index (χ0v) is 9.08. The molecule has 0 saturated carbocycles.